The van der Waals surface area contributed by atoms with Crippen LogP contribution in [-0.4, -0.2) is 29.9 Å². The van der Waals surface area contributed by atoms with E-state index in [9.17, 15) is 14.4 Å². The van der Waals surface area contributed by atoms with Crippen LogP contribution < -0.4 is 0 Å². The molecule has 0 bridgehead atoms. The molecule has 0 aromatic heterocycles. The molecule has 1 rings (SSSR count). The molecule has 5 heteroatoms. The van der Waals surface area contributed by atoms with Crippen LogP contribution in [0.3, 0.4) is 0 Å². The Bertz CT molecular complexity index is 395. The highest BCUT2D eigenvalue weighted by Gasteiger charge is 2.45. The number of carbonyl (C=O) groups excluding carboxylic acids is 3. The van der Waals surface area contributed by atoms with E-state index in [0.717, 1.165) is 0 Å². The molecule has 0 saturated carbocycles. The van der Waals surface area contributed by atoms with Crippen molar-refractivity contribution in [3.63, 3.8) is 0 Å². The first kappa shape index (κ1) is 15.7. The summed E-state index contributed by atoms with van der Waals surface area (Å²) in [4.78, 5) is 35.7. The van der Waals surface area contributed by atoms with Gasteiger partial charge < -0.3 is 9.47 Å². The van der Waals surface area contributed by atoms with Crippen LogP contribution in [0.2, 0.25) is 0 Å². The Morgan fingerprint density at radius 2 is 1.89 bits per heavy atom. The predicted molar refractivity (Wildman–Crippen MR) is 68.3 cm³/mol. The first-order valence-corrected chi connectivity index (χ1v) is 6.56. The zero-order valence-electron chi connectivity index (χ0n) is 12.2. The number of rotatable bonds is 5. The summed E-state index contributed by atoms with van der Waals surface area (Å²) in [5.41, 5.74) is -1.95. The highest BCUT2D eigenvalue weighted by molar-refractivity contribution is 6.04. The third kappa shape index (κ3) is 3.33. The van der Waals surface area contributed by atoms with E-state index in [4.69, 9.17) is 9.47 Å². The summed E-state index contributed by atoms with van der Waals surface area (Å²) in [5, 5.41) is 0. The summed E-state index contributed by atoms with van der Waals surface area (Å²) in [6.45, 7) is 8.69. The largest absolute Gasteiger partial charge is 0.465 e. The predicted octanol–water partition coefficient (Wildman–Crippen LogP) is 1.88. The molecular formula is C14H22O5. The smallest absolute Gasteiger partial charge is 0.316 e. The van der Waals surface area contributed by atoms with Gasteiger partial charge in [0.2, 0.25) is 0 Å². The molecule has 0 spiro atoms. The van der Waals surface area contributed by atoms with Crippen LogP contribution in [0.4, 0.5) is 0 Å². The van der Waals surface area contributed by atoms with Gasteiger partial charge in [-0.25, -0.2) is 0 Å². The molecule has 1 saturated heterocycles. The molecule has 0 radical (unpaired) electrons. The lowest BCUT2D eigenvalue weighted by Crippen LogP contribution is -2.45. The van der Waals surface area contributed by atoms with Gasteiger partial charge in [0.25, 0.3) is 0 Å². The first-order valence-electron chi connectivity index (χ1n) is 6.56. The third-order valence-corrected chi connectivity index (χ3v) is 3.63. The molecule has 0 aromatic rings. The molecular weight excluding hydrogens is 248 g/mol. The van der Waals surface area contributed by atoms with Crippen molar-refractivity contribution in [1.82, 2.24) is 0 Å². The summed E-state index contributed by atoms with van der Waals surface area (Å²) in [5.74, 6) is -2.16. The van der Waals surface area contributed by atoms with Gasteiger partial charge in [-0.3, -0.25) is 14.4 Å². The van der Waals surface area contributed by atoms with E-state index in [0.29, 0.717) is 12.8 Å². The molecule has 0 aromatic carbocycles. The van der Waals surface area contributed by atoms with Crippen LogP contribution in [0.15, 0.2) is 0 Å². The average Bonchev–Trinajstić information content (AvgIpc) is 2.73. The molecule has 108 valence electrons. The number of ether oxygens (including phenoxy) is 2. The minimum absolute atomic E-state index is 0.250. The highest BCUT2D eigenvalue weighted by atomic mass is 16.6. The molecule has 1 aliphatic rings. The lowest BCUT2D eigenvalue weighted by Gasteiger charge is -2.30. The second-order valence-corrected chi connectivity index (χ2v) is 6.01. The fraction of sp³-hybridized carbons (Fsp3) is 0.786. The van der Waals surface area contributed by atoms with Crippen molar-refractivity contribution in [3.05, 3.63) is 0 Å². The number of hydrogen-bond donors (Lipinski definition) is 0. The van der Waals surface area contributed by atoms with Crippen LogP contribution in [0.5, 0.6) is 0 Å². The van der Waals surface area contributed by atoms with Gasteiger partial charge in [0, 0.05) is 6.42 Å². The van der Waals surface area contributed by atoms with Gasteiger partial charge >= 0.3 is 11.9 Å². The maximum atomic E-state index is 12.3. The van der Waals surface area contributed by atoms with Crippen LogP contribution in [0, 0.1) is 11.3 Å². The number of ketones is 1. The molecule has 1 aliphatic heterocycles. The summed E-state index contributed by atoms with van der Waals surface area (Å²) in [6.07, 6.45) is 0.970. The monoisotopic (exact) mass is 270 g/mol. The Morgan fingerprint density at radius 1 is 1.32 bits per heavy atom. The standard InChI is InChI=1S/C14H22O5/c1-6-13(2,3)12(17)19-14(4,5)10(15)9-7-8-18-11(9)16/h9H,6-8H2,1-5H3. The number of Topliss-reactive ketones (excluding diaryl/α,β-unsaturated/α-hetero) is 1. The van der Waals surface area contributed by atoms with E-state index in [1.807, 2.05) is 6.92 Å². The van der Waals surface area contributed by atoms with Gasteiger partial charge in [-0.05, 0) is 34.1 Å². The summed E-state index contributed by atoms with van der Waals surface area (Å²) < 4.78 is 10.1. The second-order valence-electron chi connectivity index (χ2n) is 6.01. The van der Waals surface area contributed by atoms with Crippen molar-refractivity contribution in [2.24, 2.45) is 11.3 Å². The van der Waals surface area contributed by atoms with Crippen LogP contribution in [0.1, 0.15) is 47.5 Å². The zero-order chi connectivity index (χ0) is 14.8. The fourth-order valence-corrected chi connectivity index (χ4v) is 1.72. The van der Waals surface area contributed by atoms with Crippen LogP contribution in [0.25, 0.3) is 0 Å². The first-order chi connectivity index (χ1) is 8.62. The van der Waals surface area contributed by atoms with Crippen molar-refractivity contribution in [2.45, 2.75) is 53.1 Å². The van der Waals surface area contributed by atoms with E-state index < -0.39 is 34.7 Å². The number of cyclic esters (lactones) is 1. The van der Waals surface area contributed by atoms with E-state index in [2.05, 4.69) is 0 Å². The third-order valence-electron chi connectivity index (χ3n) is 3.63. The maximum absolute atomic E-state index is 12.3. The Hall–Kier alpha value is -1.39. The fourth-order valence-electron chi connectivity index (χ4n) is 1.72. The van der Waals surface area contributed by atoms with Gasteiger partial charge in [-0.15, -0.1) is 0 Å². The van der Waals surface area contributed by atoms with Crippen molar-refractivity contribution in [2.75, 3.05) is 6.61 Å². The summed E-state index contributed by atoms with van der Waals surface area (Å²) in [6, 6.07) is 0. The molecule has 19 heavy (non-hydrogen) atoms. The molecule has 0 N–H and O–H groups in total. The minimum atomic E-state index is -1.31. The molecule has 5 nitrogen and oxygen atoms in total. The van der Waals surface area contributed by atoms with E-state index in [-0.39, 0.29) is 6.61 Å². The van der Waals surface area contributed by atoms with E-state index in [1.165, 1.54) is 13.8 Å². The quantitative estimate of drug-likeness (QED) is 0.563. The molecule has 1 fully saturated rings. The van der Waals surface area contributed by atoms with Gasteiger partial charge in [-0.2, -0.15) is 0 Å². The molecule has 0 amide bonds. The van der Waals surface area contributed by atoms with Crippen LogP contribution in [-0.2, 0) is 23.9 Å². The molecule has 0 aliphatic carbocycles. The summed E-state index contributed by atoms with van der Waals surface area (Å²) in [7, 11) is 0. The lowest BCUT2D eigenvalue weighted by molar-refractivity contribution is -0.175. The van der Waals surface area contributed by atoms with Gasteiger partial charge in [0.05, 0.1) is 12.0 Å². The Balaban J connectivity index is 2.78. The van der Waals surface area contributed by atoms with Crippen molar-refractivity contribution < 1.29 is 23.9 Å². The molecule has 1 atom stereocenters. The normalized spacial score (nSPS) is 20.1. The van der Waals surface area contributed by atoms with Crippen molar-refractivity contribution in [1.29, 1.82) is 0 Å². The molecule has 1 heterocycles. The number of hydrogen-bond acceptors (Lipinski definition) is 5. The Kier molecular flexibility index (Phi) is 4.38. The van der Waals surface area contributed by atoms with E-state index >= 15 is 0 Å². The zero-order valence-corrected chi connectivity index (χ0v) is 12.2. The minimum Gasteiger partial charge on any atom is -0.465 e. The number of esters is 2. The Labute approximate surface area is 113 Å². The topological polar surface area (TPSA) is 69.7 Å². The SMILES string of the molecule is CCC(C)(C)C(=O)OC(C)(C)C(=O)C1CCOC1=O. The highest BCUT2D eigenvalue weighted by Crippen LogP contribution is 2.28. The van der Waals surface area contributed by atoms with Gasteiger partial charge in [0.1, 0.15) is 5.92 Å². The van der Waals surface area contributed by atoms with Crippen molar-refractivity contribution in [3.8, 4) is 0 Å². The number of carbonyl (C=O) groups is 3. The molecule has 1 unspecified atom stereocenters. The average molecular weight is 270 g/mol. The van der Waals surface area contributed by atoms with Crippen molar-refractivity contribution >= 4 is 17.7 Å². The lowest BCUT2D eigenvalue weighted by atomic mass is 9.88. The Morgan fingerprint density at radius 3 is 2.32 bits per heavy atom. The van der Waals surface area contributed by atoms with Crippen LogP contribution >= 0.6 is 0 Å². The van der Waals surface area contributed by atoms with Gasteiger partial charge in [0.15, 0.2) is 11.4 Å². The maximum Gasteiger partial charge on any atom is 0.316 e. The summed E-state index contributed by atoms with van der Waals surface area (Å²) >= 11 is 0. The van der Waals surface area contributed by atoms with E-state index in [1.54, 1.807) is 13.8 Å². The second kappa shape index (κ2) is 5.31. The van der Waals surface area contributed by atoms with Gasteiger partial charge in [-0.1, -0.05) is 6.92 Å².